The first-order valence-corrected chi connectivity index (χ1v) is 12.0. The summed E-state index contributed by atoms with van der Waals surface area (Å²) in [5, 5.41) is 2.24. The van der Waals surface area contributed by atoms with E-state index in [1.807, 2.05) is 24.3 Å². The highest BCUT2D eigenvalue weighted by atomic mass is 32.1. The molecule has 3 nitrogen and oxygen atoms in total. The molecule has 3 aromatic carbocycles. The van der Waals surface area contributed by atoms with Crippen LogP contribution < -0.4 is 5.32 Å². The largest absolute Gasteiger partial charge is 0.441 e. The monoisotopic (exact) mass is 475 g/mol. The molecule has 4 aromatic rings. The van der Waals surface area contributed by atoms with E-state index in [0.717, 1.165) is 33.9 Å². The lowest BCUT2D eigenvalue weighted by molar-refractivity contribution is 0.121. The highest BCUT2D eigenvalue weighted by Gasteiger charge is 2.23. The topological polar surface area (TPSA) is 38.3 Å². The number of thiophene rings is 1. The summed E-state index contributed by atoms with van der Waals surface area (Å²) in [5.74, 6) is 0.363. The maximum absolute atomic E-state index is 14.1. The summed E-state index contributed by atoms with van der Waals surface area (Å²) < 4.78 is 32.7. The number of nitrogens with one attached hydrogen (secondary N) is 1. The number of ether oxygens (including phenoxy) is 1. The number of amides is 1. The zero-order chi connectivity index (χ0) is 23.7. The van der Waals surface area contributed by atoms with Gasteiger partial charge in [0.05, 0.1) is 10.6 Å². The quantitative estimate of drug-likeness (QED) is 0.303. The van der Waals surface area contributed by atoms with Gasteiger partial charge in [0.1, 0.15) is 11.9 Å². The molecule has 0 bridgehead atoms. The minimum Gasteiger partial charge on any atom is -0.441 e. The standard InChI is InChI=1S/C28H23F2NO2S/c1-17(18-12-14-24(29)15-13-18)33-28(32)31-25-16-26(30)34-27(25)23-10-8-22(9-11-23)21-6-4-20(5-7-21)19-2-3-19/h4-17,19H,2-3H2,1H3,(H,31,32). The first kappa shape index (κ1) is 22.3. The maximum atomic E-state index is 14.1. The van der Waals surface area contributed by atoms with Gasteiger partial charge in [0.25, 0.3) is 0 Å². The summed E-state index contributed by atoms with van der Waals surface area (Å²) in [7, 11) is 0. The normalized spacial score (nSPS) is 14.0. The molecule has 1 heterocycles. The minimum atomic E-state index is -0.705. The molecule has 1 atom stereocenters. The lowest BCUT2D eigenvalue weighted by atomic mass is 10.0. The molecule has 5 rings (SSSR count). The van der Waals surface area contributed by atoms with Crippen LogP contribution in [0.15, 0.2) is 78.9 Å². The molecule has 0 saturated heterocycles. The fraction of sp³-hybridized carbons (Fsp3) is 0.179. The molecule has 1 aromatic heterocycles. The fourth-order valence-corrected chi connectivity index (χ4v) is 4.79. The molecule has 172 valence electrons. The number of benzene rings is 3. The van der Waals surface area contributed by atoms with E-state index in [9.17, 15) is 13.6 Å². The maximum Gasteiger partial charge on any atom is 0.412 e. The number of hydrogen-bond acceptors (Lipinski definition) is 3. The lowest BCUT2D eigenvalue weighted by Gasteiger charge is -2.14. The van der Waals surface area contributed by atoms with Gasteiger partial charge in [0.15, 0.2) is 5.13 Å². The Kier molecular flexibility index (Phi) is 6.16. The molecule has 1 unspecified atom stereocenters. The SMILES string of the molecule is CC(OC(=O)Nc1cc(F)sc1-c1ccc(-c2ccc(C3CC3)cc2)cc1)c1ccc(F)cc1. The first-order chi connectivity index (χ1) is 16.5. The Hall–Kier alpha value is -3.51. The molecule has 1 aliphatic rings. The molecule has 1 aliphatic carbocycles. The van der Waals surface area contributed by atoms with Gasteiger partial charge >= 0.3 is 6.09 Å². The second-order valence-corrected chi connectivity index (χ2v) is 9.49. The van der Waals surface area contributed by atoms with Gasteiger partial charge in [-0.25, -0.2) is 9.18 Å². The molecular weight excluding hydrogens is 452 g/mol. The number of hydrogen-bond donors (Lipinski definition) is 1. The Morgan fingerprint density at radius 1 is 0.912 bits per heavy atom. The number of carbonyl (C=O) groups is 1. The molecule has 34 heavy (non-hydrogen) atoms. The smallest absolute Gasteiger partial charge is 0.412 e. The van der Waals surface area contributed by atoms with E-state index in [4.69, 9.17) is 4.74 Å². The fourth-order valence-electron chi connectivity index (χ4n) is 3.95. The van der Waals surface area contributed by atoms with E-state index in [1.165, 1.54) is 36.6 Å². The number of halogens is 2. The molecule has 6 heteroatoms. The third-order valence-corrected chi connectivity index (χ3v) is 6.97. The number of rotatable bonds is 6. The average Bonchev–Trinajstić information content (AvgIpc) is 3.62. The van der Waals surface area contributed by atoms with E-state index in [-0.39, 0.29) is 5.82 Å². The average molecular weight is 476 g/mol. The van der Waals surface area contributed by atoms with Crippen LogP contribution in [0.25, 0.3) is 21.6 Å². The van der Waals surface area contributed by atoms with Gasteiger partial charge in [-0.2, -0.15) is 4.39 Å². The van der Waals surface area contributed by atoms with E-state index < -0.39 is 17.3 Å². The van der Waals surface area contributed by atoms with Crippen LogP contribution in [0.4, 0.5) is 19.3 Å². The van der Waals surface area contributed by atoms with E-state index in [2.05, 4.69) is 29.6 Å². The number of carbonyl (C=O) groups excluding carboxylic acids is 1. The molecule has 1 fully saturated rings. The van der Waals surface area contributed by atoms with Gasteiger partial charge < -0.3 is 4.74 Å². The summed E-state index contributed by atoms with van der Waals surface area (Å²) in [6.07, 6.45) is 1.27. The third kappa shape index (κ3) is 5.02. The van der Waals surface area contributed by atoms with Crippen molar-refractivity contribution < 1.29 is 18.3 Å². The predicted octanol–water partition coefficient (Wildman–Crippen LogP) is 8.55. The van der Waals surface area contributed by atoms with Gasteiger partial charge in [-0.15, -0.1) is 11.3 Å². The Balaban J connectivity index is 1.29. The second kappa shape index (κ2) is 9.39. The highest BCUT2D eigenvalue weighted by molar-refractivity contribution is 7.14. The Labute approximate surface area is 201 Å². The molecule has 1 saturated carbocycles. The lowest BCUT2D eigenvalue weighted by Crippen LogP contribution is -2.16. The van der Waals surface area contributed by atoms with Crippen LogP contribution in [0.5, 0.6) is 0 Å². The van der Waals surface area contributed by atoms with Crippen molar-refractivity contribution in [2.75, 3.05) is 5.32 Å². The van der Waals surface area contributed by atoms with Crippen LogP contribution in [-0.2, 0) is 4.74 Å². The van der Waals surface area contributed by atoms with Crippen LogP contribution in [0.1, 0.15) is 42.9 Å². The molecule has 1 N–H and O–H groups in total. The van der Waals surface area contributed by atoms with Crippen molar-refractivity contribution in [2.24, 2.45) is 0 Å². The van der Waals surface area contributed by atoms with E-state index in [0.29, 0.717) is 16.1 Å². The van der Waals surface area contributed by atoms with Crippen LogP contribution >= 0.6 is 11.3 Å². The predicted molar refractivity (Wildman–Crippen MR) is 132 cm³/mol. The van der Waals surface area contributed by atoms with Gasteiger partial charge in [0, 0.05) is 6.07 Å². The van der Waals surface area contributed by atoms with Crippen molar-refractivity contribution in [1.29, 1.82) is 0 Å². The molecule has 0 radical (unpaired) electrons. The van der Waals surface area contributed by atoms with Gasteiger partial charge in [-0.05, 0) is 65.6 Å². The van der Waals surface area contributed by atoms with Crippen LogP contribution in [0.3, 0.4) is 0 Å². The molecular formula is C28H23F2NO2S. The van der Waals surface area contributed by atoms with Crippen LogP contribution in [0.2, 0.25) is 0 Å². The van der Waals surface area contributed by atoms with Crippen LogP contribution in [-0.4, -0.2) is 6.09 Å². The van der Waals surface area contributed by atoms with Gasteiger partial charge in [-0.3, -0.25) is 5.32 Å². The first-order valence-electron chi connectivity index (χ1n) is 11.2. The van der Waals surface area contributed by atoms with Gasteiger partial charge in [-0.1, -0.05) is 60.7 Å². The minimum absolute atomic E-state index is 0.348. The van der Waals surface area contributed by atoms with Crippen molar-refractivity contribution in [3.63, 3.8) is 0 Å². The highest BCUT2D eigenvalue weighted by Crippen LogP contribution is 2.41. The summed E-state index contributed by atoms with van der Waals surface area (Å²) in [5.41, 5.74) is 5.41. The van der Waals surface area contributed by atoms with Crippen molar-refractivity contribution in [2.45, 2.75) is 31.8 Å². The van der Waals surface area contributed by atoms with Gasteiger partial charge in [0.2, 0.25) is 0 Å². The summed E-state index contributed by atoms with van der Waals surface area (Å²) >= 11 is 0.961. The Morgan fingerprint density at radius 2 is 1.50 bits per heavy atom. The molecule has 1 amide bonds. The molecule has 0 aliphatic heterocycles. The number of anilines is 1. The molecule has 0 spiro atoms. The third-order valence-electron chi connectivity index (χ3n) is 6.00. The zero-order valence-electron chi connectivity index (χ0n) is 18.6. The summed E-state index contributed by atoms with van der Waals surface area (Å²) in [6, 6.07) is 23.5. The van der Waals surface area contributed by atoms with Crippen molar-refractivity contribution in [1.82, 2.24) is 0 Å². The summed E-state index contributed by atoms with van der Waals surface area (Å²) in [6.45, 7) is 1.69. The Morgan fingerprint density at radius 3 is 2.12 bits per heavy atom. The van der Waals surface area contributed by atoms with E-state index in [1.54, 1.807) is 19.1 Å². The van der Waals surface area contributed by atoms with Crippen molar-refractivity contribution >= 4 is 23.1 Å². The van der Waals surface area contributed by atoms with E-state index >= 15 is 0 Å². The van der Waals surface area contributed by atoms with Crippen LogP contribution in [0, 0.1) is 10.9 Å². The van der Waals surface area contributed by atoms with Crippen molar-refractivity contribution in [3.05, 3.63) is 101 Å². The van der Waals surface area contributed by atoms with Crippen molar-refractivity contribution in [3.8, 4) is 21.6 Å². The Bertz CT molecular complexity index is 1290. The summed E-state index contributed by atoms with van der Waals surface area (Å²) in [4.78, 5) is 13.1. The zero-order valence-corrected chi connectivity index (χ0v) is 19.4. The second-order valence-electron chi connectivity index (χ2n) is 8.49.